The summed E-state index contributed by atoms with van der Waals surface area (Å²) < 4.78 is 0. The Morgan fingerprint density at radius 1 is 1.15 bits per heavy atom. The first kappa shape index (κ1) is 28.6. The molecule has 1 aromatic carbocycles. The standard InChI is InChI=1S/C29H36ClN3O7/c1-12-5-13(2)10-33(9-12)11-15-8-18(34)20-16(22(15)30)6-14-7-17-23(32(3)4)25(36)21(28(31)39)27(38)29(17,40)26(37)19(14)24(20)35/h8,12-14,17,23,34-35,38,40H,5-7,9-11H2,1-4H3,(H2,31,39)/t12-,13+,14-,17-,23-,29-/m0/s1. The lowest BCUT2D eigenvalue weighted by molar-refractivity contribution is -0.153. The van der Waals surface area contributed by atoms with Gasteiger partial charge in [-0.1, -0.05) is 25.4 Å². The SMILES string of the molecule is C[C@@H]1C[C@H](C)CN(Cc2cc(O)c3c(c2Cl)C[C@H]2C[C@H]4[C@H](N(C)C)C(=O)C(C(N)=O)=C(O)[C@@]4(O)C(=O)C2=C3O)C1. The molecule has 0 aromatic heterocycles. The Morgan fingerprint density at radius 2 is 1.77 bits per heavy atom. The van der Waals surface area contributed by atoms with E-state index in [1.165, 1.54) is 11.0 Å². The summed E-state index contributed by atoms with van der Waals surface area (Å²) in [6, 6.07) is 0.368. The Bertz CT molecular complexity index is 1380. The number of primary amides is 1. The average Bonchev–Trinajstić information content (AvgIpc) is 2.83. The number of likely N-dealkylation sites (N-methyl/N-ethyl adjacent to an activating group) is 1. The molecule has 40 heavy (non-hydrogen) atoms. The number of nitrogens with two attached hydrogens (primary N) is 1. The van der Waals surface area contributed by atoms with Gasteiger partial charge in [-0.05, 0) is 68.3 Å². The van der Waals surface area contributed by atoms with Crippen molar-refractivity contribution < 1.29 is 34.8 Å². The predicted octanol–water partition coefficient (Wildman–Crippen LogP) is 2.10. The van der Waals surface area contributed by atoms with Crippen LogP contribution in [-0.2, 0) is 27.3 Å². The van der Waals surface area contributed by atoms with Gasteiger partial charge < -0.3 is 26.2 Å². The number of rotatable bonds is 4. The van der Waals surface area contributed by atoms with Crippen LogP contribution >= 0.6 is 11.6 Å². The molecule has 216 valence electrons. The normalized spacial score (nSPS) is 32.7. The van der Waals surface area contributed by atoms with E-state index in [9.17, 15) is 34.8 Å². The van der Waals surface area contributed by atoms with E-state index < -0.39 is 58.0 Å². The summed E-state index contributed by atoms with van der Waals surface area (Å²) in [6.45, 7) is 6.72. The smallest absolute Gasteiger partial charge is 0.255 e. The molecule has 0 radical (unpaired) electrons. The molecule has 2 fully saturated rings. The number of fused-ring (bicyclic) bond motifs is 3. The number of hydrogen-bond donors (Lipinski definition) is 5. The molecule has 6 atom stereocenters. The number of Topliss-reactive ketones (excluding diaryl/α,β-unsaturated/α-hetero) is 2. The van der Waals surface area contributed by atoms with Gasteiger partial charge in [-0.15, -0.1) is 0 Å². The summed E-state index contributed by atoms with van der Waals surface area (Å²) >= 11 is 6.90. The van der Waals surface area contributed by atoms with Gasteiger partial charge in [-0.3, -0.25) is 24.2 Å². The Balaban J connectivity index is 1.61. The molecule has 0 bridgehead atoms. The Morgan fingerprint density at radius 3 is 2.35 bits per heavy atom. The van der Waals surface area contributed by atoms with Crippen LogP contribution in [0.5, 0.6) is 5.75 Å². The number of aliphatic hydroxyl groups excluding tert-OH is 2. The number of hydrogen-bond acceptors (Lipinski definition) is 9. The summed E-state index contributed by atoms with van der Waals surface area (Å²) in [7, 11) is 3.13. The van der Waals surface area contributed by atoms with Crippen molar-refractivity contribution >= 4 is 34.8 Å². The van der Waals surface area contributed by atoms with Gasteiger partial charge in [0.2, 0.25) is 5.78 Å². The summed E-state index contributed by atoms with van der Waals surface area (Å²) in [4.78, 5) is 43.0. The lowest BCUT2D eigenvalue weighted by atomic mass is 9.57. The summed E-state index contributed by atoms with van der Waals surface area (Å²) in [6.07, 6.45) is 1.34. The molecule has 6 N–H and O–H groups in total. The zero-order valence-corrected chi connectivity index (χ0v) is 23.8. The lowest BCUT2D eigenvalue weighted by Crippen LogP contribution is -2.65. The molecule has 1 saturated heterocycles. The fourth-order valence-corrected chi connectivity index (χ4v) is 7.91. The number of phenols is 1. The molecule has 3 aliphatic carbocycles. The molecule has 1 amide bonds. The third-order valence-electron chi connectivity index (χ3n) is 9.07. The minimum Gasteiger partial charge on any atom is -0.508 e. The fourth-order valence-electron chi connectivity index (χ4n) is 7.62. The molecular weight excluding hydrogens is 538 g/mol. The number of phenolic OH excluding ortho intramolecular Hbond substituents is 1. The van der Waals surface area contributed by atoms with E-state index in [4.69, 9.17) is 17.3 Å². The maximum Gasteiger partial charge on any atom is 0.255 e. The molecule has 1 heterocycles. The number of aromatic hydroxyl groups is 1. The number of carbonyl (C=O) groups excluding carboxylic acids is 3. The van der Waals surface area contributed by atoms with Gasteiger partial charge in [-0.25, -0.2) is 0 Å². The third-order valence-corrected chi connectivity index (χ3v) is 9.54. The largest absolute Gasteiger partial charge is 0.508 e. The van der Waals surface area contributed by atoms with Gasteiger partial charge >= 0.3 is 0 Å². The zero-order chi connectivity index (χ0) is 29.4. The quantitative estimate of drug-likeness (QED) is 0.339. The zero-order valence-electron chi connectivity index (χ0n) is 23.1. The van der Waals surface area contributed by atoms with E-state index in [1.807, 2.05) is 0 Å². The maximum atomic E-state index is 13.9. The Hall–Kier alpha value is -2.92. The van der Waals surface area contributed by atoms with Crippen molar-refractivity contribution in [2.75, 3.05) is 27.2 Å². The highest BCUT2D eigenvalue weighted by molar-refractivity contribution is 6.32. The average molecular weight is 574 g/mol. The molecule has 0 unspecified atom stereocenters. The minimum absolute atomic E-state index is 0.00502. The van der Waals surface area contributed by atoms with E-state index in [1.54, 1.807) is 14.1 Å². The van der Waals surface area contributed by atoms with Crippen molar-refractivity contribution in [1.29, 1.82) is 0 Å². The Labute approximate surface area is 237 Å². The van der Waals surface area contributed by atoms with E-state index >= 15 is 0 Å². The highest BCUT2D eigenvalue weighted by atomic mass is 35.5. The number of nitrogens with zero attached hydrogens (tertiary/aromatic N) is 2. The van der Waals surface area contributed by atoms with Crippen molar-refractivity contribution in [1.82, 2.24) is 9.80 Å². The van der Waals surface area contributed by atoms with Crippen LogP contribution in [0, 0.1) is 23.7 Å². The molecule has 1 aliphatic heterocycles. The van der Waals surface area contributed by atoms with E-state index in [0.717, 1.165) is 19.5 Å². The van der Waals surface area contributed by atoms with E-state index in [2.05, 4.69) is 18.7 Å². The molecule has 5 rings (SSSR count). The van der Waals surface area contributed by atoms with Gasteiger partial charge in [0.25, 0.3) is 5.91 Å². The second kappa shape index (κ2) is 9.87. The number of aliphatic hydroxyl groups is 3. The fraction of sp³-hybridized carbons (Fsp3) is 0.552. The molecule has 1 saturated carbocycles. The third kappa shape index (κ3) is 4.15. The Kier molecular flexibility index (Phi) is 7.06. The van der Waals surface area contributed by atoms with Crippen LogP contribution in [0.4, 0.5) is 0 Å². The number of halogens is 1. The summed E-state index contributed by atoms with van der Waals surface area (Å²) in [5, 5.41) is 45.4. The van der Waals surface area contributed by atoms with Crippen molar-refractivity contribution in [3.63, 3.8) is 0 Å². The van der Waals surface area contributed by atoms with Crippen LogP contribution in [0.2, 0.25) is 5.02 Å². The second-order valence-electron chi connectivity index (χ2n) is 12.3. The molecule has 11 heteroatoms. The lowest BCUT2D eigenvalue weighted by Gasteiger charge is -2.50. The molecule has 4 aliphatic rings. The maximum absolute atomic E-state index is 13.9. The van der Waals surface area contributed by atoms with Crippen molar-refractivity contribution in [3.05, 3.63) is 44.7 Å². The first-order valence-electron chi connectivity index (χ1n) is 13.6. The van der Waals surface area contributed by atoms with Crippen molar-refractivity contribution in [2.24, 2.45) is 29.4 Å². The molecule has 0 spiro atoms. The number of amides is 1. The van der Waals surface area contributed by atoms with Crippen LogP contribution < -0.4 is 5.73 Å². The molecule has 1 aromatic rings. The van der Waals surface area contributed by atoms with Gasteiger partial charge in [-0.2, -0.15) is 0 Å². The van der Waals surface area contributed by atoms with Gasteiger partial charge in [0.1, 0.15) is 22.8 Å². The van der Waals surface area contributed by atoms with E-state index in [-0.39, 0.29) is 29.7 Å². The highest BCUT2D eigenvalue weighted by Crippen LogP contribution is 2.53. The predicted molar refractivity (Wildman–Crippen MR) is 147 cm³/mol. The number of carbonyl (C=O) groups is 3. The number of benzene rings is 1. The first-order chi connectivity index (χ1) is 18.7. The van der Waals surface area contributed by atoms with Crippen LogP contribution in [0.25, 0.3) is 5.76 Å². The number of piperidine rings is 1. The van der Waals surface area contributed by atoms with Gasteiger partial charge in [0.15, 0.2) is 11.4 Å². The van der Waals surface area contributed by atoms with Crippen molar-refractivity contribution in [2.45, 2.75) is 51.3 Å². The number of likely N-dealkylation sites (tertiary alicyclic amines) is 1. The highest BCUT2D eigenvalue weighted by Gasteiger charge is 2.64. The minimum atomic E-state index is -2.66. The van der Waals surface area contributed by atoms with Crippen LogP contribution in [0.15, 0.2) is 23.0 Å². The van der Waals surface area contributed by atoms with Gasteiger partial charge in [0, 0.05) is 36.1 Å². The van der Waals surface area contributed by atoms with Gasteiger partial charge in [0.05, 0.1) is 11.6 Å². The topological polar surface area (TPSA) is 165 Å². The monoisotopic (exact) mass is 573 g/mol. The van der Waals surface area contributed by atoms with Crippen LogP contribution in [0.1, 0.15) is 43.4 Å². The molecular formula is C29H36ClN3O7. The summed E-state index contributed by atoms with van der Waals surface area (Å²) in [5.74, 6) is -5.72. The first-order valence-corrected chi connectivity index (χ1v) is 14.0. The molecule has 10 nitrogen and oxygen atoms in total. The summed E-state index contributed by atoms with van der Waals surface area (Å²) in [5.41, 5.74) is 2.87. The number of ketones is 2. The van der Waals surface area contributed by atoms with Crippen molar-refractivity contribution in [3.8, 4) is 5.75 Å². The second-order valence-corrected chi connectivity index (χ2v) is 12.7. The van der Waals surface area contributed by atoms with E-state index in [0.29, 0.717) is 34.5 Å². The van der Waals surface area contributed by atoms with Crippen LogP contribution in [0.3, 0.4) is 0 Å². The van der Waals surface area contributed by atoms with Crippen LogP contribution in [-0.4, -0.2) is 86.5 Å².